The highest BCUT2D eigenvalue weighted by Gasteiger charge is 2.26. The van der Waals surface area contributed by atoms with Gasteiger partial charge in [0.15, 0.2) is 0 Å². The Hall–Kier alpha value is -0.220. The summed E-state index contributed by atoms with van der Waals surface area (Å²) in [4.78, 5) is 13.9. The number of hydrogen-bond acceptors (Lipinski definition) is 3. The summed E-state index contributed by atoms with van der Waals surface area (Å²) in [5.74, 6) is 1.15. The number of amides is 1. The molecule has 1 amide bonds. The first-order valence-electron chi connectivity index (χ1n) is 6.25. The minimum atomic E-state index is -0.241. The lowest BCUT2D eigenvalue weighted by Gasteiger charge is -2.25. The van der Waals surface area contributed by atoms with E-state index in [1.165, 1.54) is 0 Å². The van der Waals surface area contributed by atoms with E-state index in [0.717, 1.165) is 25.3 Å². The van der Waals surface area contributed by atoms with Crippen LogP contribution in [0.1, 0.15) is 41.0 Å². The summed E-state index contributed by atoms with van der Waals surface area (Å²) < 4.78 is 5.83. The zero-order chi connectivity index (χ0) is 13.1. The van der Waals surface area contributed by atoms with Crippen LogP contribution < -0.4 is 0 Å². The molecule has 0 aromatic heterocycles. The summed E-state index contributed by atoms with van der Waals surface area (Å²) in [6, 6.07) is 0. The fraction of sp³-hybridized carbons (Fsp3) is 0.923. The summed E-state index contributed by atoms with van der Waals surface area (Å²) in [6.45, 7) is 12.3. The van der Waals surface area contributed by atoms with E-state index in [1.807, 2.05) is 37.4 Å². The monoisotopic (exact) mass is 259 g/mol. The third-order valence-corrected chi connectivity index (χ3v) is 4.19. The molecule has 0 radical (unpaired) electrons. The maximum atomic E-state index is 12.0. The molecule has 0 aromatic rings. The third kappa shape index (κ3) is 5.77. The zero-order valence-electron chi connectivity index (χ0n) is 11.7. The maximum absolute atomic E-state index is 12.0. The molecule has 0 bridgehead atoms. The molecule has 1 aliphatic rings. The molecule has 3 nitrogen and oxygen atoms in total. The van der Waals surface area contributed by atoms with Gasteiger partial charge in [-0.2, -0.15) is 11.8 Å². The van der Waals surface area contributed by atoms with Crippen LogP contribution in [0.15, 0.2) is 0 Å². The van der Waals surface area contributed by atoms with E-state index < -0.39 is 0 Å². The molecule has 0 unspecified atom stereocenters. The summed E-state index contributed by atoms with van der Waals surface area (Å²) in [5.41, 5.74) is -0.241. The minimum Gasteiger partial charge on any atom is -0.366 e. The van der Waals surface area contributed by atoms with E-state index in [2.05, 4.69) is 13.8 Å². The van der Waals surface area contributed by atoms with Gasteiger partial charge in [0.1, 0.15) is 6.61 Å². The van der Waals surface area contributed by atoms with Crippen molar-refractivity contribution < 1.29 is 9.53 Å². The van der Waals surface area contributed by atoms with E-state index in [-0.39, 0.29) is 18.1 Å². The van der Waals surface area contributed by atoms with Crippen molar-refractivity contribution in [3.05, 3.63) is 0 Å². The van der Waals surface area contributed by atoms with Gasteiger partial charge in [0, 0.05) is 23.6 Å². The second-order valence-electron chi connectivity index (χ2n) is 6.14. The molecule has 1 fully saturated rings. The molecule has 1 rings (SSSR count). The lowest BCUT2D eigenvalue weighted by Crippen LogP contribution is -2.38. The molecule has 1 aliphatic heterocycles. The molecule has 0 atom stereocenters. The molecule has 0 N–H and O–H groups in total. The van der Waals surface area contributed by atoms with Gasteiger partial charge in [0.2, 0.25) is 5.91 Å². The highest BCUT2D eigenvalue weighted by atomic mass is 32.2. The average molecular weight is 259 g/mol. The van der Waals surface area contributed by atoms with Crippen molar-refractivity contribution in [1.29, 1.82) is 0 Å². The van der Waals surface area contributed by atoms with Gasteiger partial charge in [-0.05, 0) is 27.2 Å². The van der Waals surface area contributed by atoms with Crippen LogP contribution in [0.5, 0.6) is 0 Å². The highest BCUT2D eigenvalue weighted by Crippen LogP contribution is 2.30. The molecule has 0 spiro atoms. The summed E-state index contributed by atoms with van der Waals surface area (Å²) in [7, 11) is 0. The van der Waals surface area contributed by atoms with Crippen molar-refractivity contribution in [2.75, 3.05) is 25.4 Å². The van der Waals surface area contributed by atoms with Crippen molar-refractivity contribution in [1.82, 2.24) is 4.90 Å². The largest absolute Gasteiger partial charge is 0.366 e. The summed E-state index contributed by atoms with van der Waals surface area (Å²) in [6.07, 6.45) is 1.05. The first kappa shape index (κ1) is 14.8. The number of carbonyl (C=O) groups excluding carboxylic acids is 1. The van der Waals surface area contributed by atoms with E-state index in [4.69, 9.17) is 4.74 Å². The Bertz CT molecular complexity index is 271. The van der Waals surface area contributed by atoms with Crippen molar-refractivity contribution in [3.63, 3.8) is 0 Å². The molecule has 1 saturated heterocycles. The lowest BCUT2D eigenvalue weighted by molar-refractivity contribution is -0.140. The number of hydrogen-bond donors (Lipinski definition) is 0. The summed E-state index contributed by atoms with van der Waals surface area (Å²) >= 11 is 1.95. The van der Waals surface area contributed by atoms with Gasteiger partial charge in [0.05, 0.1) is 5.60 Å². The van der Waals surface area contributed by atoms with Crippen molar-refractivity contribution >= 4 is 17.7 Å². The molecule has 0 saturated carbocycles. The van der Waals surface area contributed by atoms with Gasteiger partial charge in [-0.3, -0.25) is 4.79 Å². The third-order valence-electron chi connectivity index (χ3n) is 2.82. The van der Waals surface area contributed by atoms with Gasteiger partial charge in [0.25, 0.3) is 0 Å². The van der Waals surface area contributed by atoms with Crippen molar-refractivity contribution in [2.24, 2.45) is 0 Å². The van der Waals surface area contributed by atoms with E-state index >= 15 is 0 Å². The van der Waals surface area contributed by atoms with Gasteiger partial charge < -0.3 is 9.64 Å². The second kappa shape index (κ2) is 5.61. The zero-order valence-corrected chi connectivity index (χ0v) is 12.5. The van der Waals surface area contributed by atoms with Gasteiger partial charge in [-0.25, -0.2) is 0 Å². The predicted molar refractivity (Wildman–Crippen MR) is 73.4 cm³/mol. The van der Waals surface area contributed by atoms with Crippen LogP contribution in [0.4, 0.5) is 0 Å². The fourth-order valence-corrected chi connectivity index (χ4v) is 2.74. The number of carbonyl (C=O) groups is 1. The van der Waals surface area contributed by atoms with Crippen LogP contribution in [-0.2, 0) is 9.53 Å². The van der Waals surface area contributed by atoms with Crippen LogP contribution >= 0.6 is 11.8 Å². The van der Waals surface area contributed by atoms with E-state index in [0.29, 0.717) is 4.75 Å². The Morgan fingerprint density at radius 2 is 2.00 bits per heavy atom. The topological polar surface area (TPSA) is 29.5 Å². The number of ether oxygens (including phenoxy) is 1. The quantitative estimate of drug-likeness (QED) is 0.763. The van der Waals surface area contributed by atoms with Crippen LogP contribution in [0, 0.1) is 0 Å². The Labute approximate surface area is 109 Å². The van der Waals surface area contributed by atoms with Crippen LogP contribution in [0.3, 0.4) is 0 Å². The molecular formula is C13H25NO2S. The molecule has 0 aliphatic carbocycles. The Morgan fingerprint density at radius 3 is 2.59 bits per heavy atom. The average Bonchev–Trinajstić information content (AvgIpc) is 2.35. The fourth-order valence-electron chi connectivity index (χ4n) is 1.64. The smallest absolute Gasteiger partial charge is 0.248 e. The second-order valence-corrected chi connectivity index (χ2v) is 7.94. The normalized spacial score (nSPS) is 21.1. The van der Waals surface area contributed by atoms with Crippen molar-refractivity contribution in [2.45, 2.75) is 51.4 Å². The molecular weight excluding hydrogens is 234 g/mol. The van der Waals surface area contributed by atoms with Crippen molar-refractivity contribution in [3.8, 4) is 0 Å². The molecule has 4 heteroatoms. The molecule has 0 aromatic carbocycles. The molecule has 1 heterocycles. The molecule has 100 valence electrons. The Balaban J connectivity index is 2.42. The standard InChI is InChI=1S/C13H25NO2S/c1-12(2,3)16-10-11(15)14-7-6-13(4,5)17-9-8-14/h6-10H2,1-5H3. The van der Waals surface area contributed by atoms with Crippen LogP contribution in [0.2, 0.25) is 0 Å². The lowest BCUT2D eigenvalue weighted by atomic mass is 10.1. The van der Waals surface area contributed by atoms with Gasteiger partial charge in [-0.1, -0.05) is 13.8 Å². The number of thioether (sulfide) groups is 1. The summed E-state index contributed by atoms with van der Waals surface area (Å²) in [5, 5.41) is 0. The van der Waals surface area contributed by atoms with Gasteiger partial charge in [-0.15, -0.1) is 0 Å². The Kier molecular flexibility index (Phi) is 4.90. The SMILES string of the molecule is CC(C)(C)OCC(=O)N1CCSC(C)(C)CC1. The molecule has 17 heavy (non-hydrogen) atoms. The number of rotatable bonds is 2. The van der Waals surface area contributed by atoms with Gasteiger partial charge >= 0.3 is 0 Å². The first-order chi connectivity index (χ1) is 7.70. The van der Waals surface area contributed by atoms with Crippen LogP contribution in [0.25, 0.3) is 0 Å². The minimum absolute atomic E-state index is 0.123. The number of nitrogens with zero attached hydrogens (tertiary/aromatic N) is 1. The Morgan fingerprint density at radius 1 is 1.35 bits per heavy atom. The van der Waals surface area contributed by atoms with E-state index in [9.17, 15) is 4.79 Å². The first-order valence-corrected chi connectivity index (χ1v) is 7.24. The predicted octanol–water partition coefficient (Wildman–Crippen LogP) is 2.55. The van der Waals surface area contributed by atoms with Crippen LogP contribution in [-0.4, -0.2) is 46.6 Å². The van der Waals surface area contributed by atoms with E-state index in [1.54, 1.807) is 0 Å². The maximum Gasteiger partial charge on any atom is 0.248 e. The highest BCUT2D eigenvalue weighted by molar-refractivity contribution is 8.00.